The molecule has 2 rings (SSSR count). The largest absolute Gasteiger partial charge is 0.444 e. The second-order valence-corrected chi connectivity index (χ2v) is 7.51. The van der Waals surface area contributed by atoms with Crippen LogP contribution in [0.5, 0.6) is 0 Å². The number of ether oxygens (including phenoxy) is 2. The van der Waals surface area contributed by atoms with Crippen LogP contribution >= 0.6 is 0 Å². The van der Waals surface area contributed by atoms with Crippen molar-refractivity contribution in [1.29, 1.82) is 0 Å². The van der Waals surface area contributed by atoms with Crippen molar-refractivity contribution in [2.45, 2.75) is 52.2 Å². The van der Waals surface area contributed by atoms with Crippen molar-refractivity contribution < 1.29 is 14.3 Å². The number of rotatable bonds is 6. The molecule has 1 saturated heterocycles. The number of carbonyl (C=O) groups excluding carboxylic acids is 1. The second kappa shape index (κ2) is 5.90. The fourth-order valence-electron chi connectivity index (χ4n) is 2.34. The molecule has 1 heterocycles. The fourth-order valence-corrected chi connectivity index (χ4v) is 2.34. The summed E-state index contributed by atoms with van der Waals surface area (Å²) in [7, 11) is 0. The summed E-state index contributed by atoms with van der Waals surface area (Å²) in [6.07, 6.45) is 2.17. The molecule has 0 spiro atoms. The number of carbonyl (C=O) groups is 1. The summed E-state index contributed by atoms with van der Waals surface area (Å²) >= 11 is 0. The minimum atomic E-state index is -0.441. The molecule has 1 unspecified atom stereocenters. The van der Waals surface area contributed by atoms with Gasteiger partial charge in [0.15, 0.2) is 0 Å². The predicted octanol–water partition coefficient (Wildman–Crippen LogP) is 1.92. The minimum absolute atomic E-state index is 0.263. The highest BCUT2D eigenvalue weighted by Crippen LogP contribution is 2.33. The van der Waals surface area contributed by atoms with Gasteiger partial charge < -0.3 is 20.1 Å². The summed E-state index contributed by atoms with van der Waals surface area (Å²) < 4.78 is 10.5. The van der Waals surface area contributed by atoms with Crippen LogP contribution in [0, 0.1) is 11.3 Å². The molecule has 1 aliphatic carbocycles. The van der Waals surface area contributed by atoms with Crippen molar-refractivity contribution in [2.75, 3.05) is 26.3 Å². The van der Waals surface area contributed by atoms with Crippen LogP contribution in [-0.4, -0.2) is 44.0 Å². The molecule has 0 radical (unpaired) electrons. The van der Waals surface area contributed by atoms with Crippen molar-refractivity contribution in [3.8, 4) is 0 Å². The van der Waals surface area contributed by atoms with E-state index in [-0.39, 0.29) is 11.5 Å². The Bertz CT molecular complexity index is 344. The summed E-state index contributed by atoms with van der Waals surface area (Å²) in [5.74, 6) is 0.689. The van der Waals surface area contributed by atoms with Crippen molar-refractivity contribution in [3.05, 3.63) is 0 Å². The van der Waals surface area contributed by atoms with E-state index < -0.39 is 5.60 Å². The van der Waals surface area contributed by atoms with E-state index in [4.69, 9.17) is 9.47 Å². The van der Waals surface area contributed by atoms with Gasteiger partial charge in [0.25, 0.3) is 0 Å². The molecule has 1 aliphatic heterocycles. The van der Waals surface area contributed by atoms with Gasteiger partial charge in [0, 0.05) is 24.5 Å². The highest BCUT2D eigenvalue weighted by atomic mass is 16.6. The van der Waals surface area contributed by atoms with Crippen LogP contribution in [0.2, 0.25) is 0 Å². The zero-order valence-corrected chi connectivity index (χ0v) is 13.1. The van der Waals surface area contributed by atoms with Gasteiger partial charge in [-0.3, -0.25) is 0 Å². The topological polar surface area (TPSA) is 59.6 Å². The van der Waals surface area contributed by atoms with Crippen molar-refractivity contribution >= 4 is 6.09 Å². The average Bonchev–Trinajstić information content (AvgIpc) is 3.08. The predicted molar refractivity (Wildman–Crippen MR) is 77.7 cm³/mol. The smallest absolute Gasteiger partial charge is 0.407 e. The first-order chi connectivity index (χ1) is 9.27. The van der Waals surface area contributed by atoms with Gasteiger partial charge in [-0.25, -0.2) is 4.79 Å². The van der Waals surface area contributed by atoms with E-state index in [9.17, 15) is 4.79 Å². The van der Waals surface area contributed by atoms with Crippen molar-refractivity contribution in [2.24, 2.45) is 11.3 Å². The van der Waals surface area contributed by atoms with Gasteiger partial charge in [0.1, 0.15) is 5.60 Å². The van der Waals surface area contributed by atoms with E-state index in [1.165, 1.54) is 12.8 Å². The molecule has 1 saturated carbocycles. The molecule has 2 aliphatic rings. The molecule has 0 bridgehead atoms. The molecule has 0 aromatic carbocycles. The lowest BCUT2D eigenvalue weighted by Gasteiger charge is -2.39. The van der Waals surface area contributed by atoms with Gasteiger partial charge in [-0.1, -0.05) is 6.92 Å². The maximum absolute atomic E-state index is 11.7. The van der Waals surface area contributed by atoms with E-state index >= 15 is 0 Å². The highest BCUT2D eigenvalue weighted by Gasteiger charge is 2.37. The Kier molecular flexibility index (Phi) is 4.59. The number of alkyl carbamates (subject to hydrolysis) is 1. The maximum atomic E-state index is 11.7. The Morgan fingerprint density at radius 3 is 2.50 bits per heavy atom. The van der Waals surface area contributed by atoms with Crippen LogP contribution in [0.15, 0.2) is 0 Å². The van der Waals surface area contributed by atoms with E-state index in [0.717, 1.165) is 19.8 Å². The van der Waals surface area contributed by atoms with E-state index in [1.54, 1.807) is 0 Å². The van der Waals surface area contributed by atoms with Gasteiger partial charge in [0.05, 0.1) is 13.2 Å². The summed E-state index contributed by atoms with van der Waals surface area (Å²) in [5.41, 5.74) is -0.178. The van der Waals surface area contributed by atoms with Crippen LogP contribution < -0.4 is 10.6 Å². The lowest BCUT2D eigenvalue weighted by molar-refractivity contribution is -0.100. The first kappa shape index (κ1) is 15.6. The third-order valence-electron chi connectivity index (χ3n) is 3.75. The molecule has 5 heteroatoms. The molecule has 1 atom stereocenters. The van der Waals surface area contributed by atoms with Gasteiger partial charge >= 0.3 is 6.09 Å². The van der Waals surface area contributed by atoms with Gasteiger partial charge in [-0.05, 0) is 39.5 Å². The Balaban J connectivity index is 1.71. The molecular weight excluding hydrogens is 256 g/mol. The molecule has 1 amide bonds. The Labute approximate surface area is 121 Å². The lowest BCUT2D eigenvalue weighted by Crippen LogP contribution is -2.52. The normalized spacial score (nSPS) is 22.8. The number of hydrogen-bond donors (Lipinski definition) is 2. The van der Waals surface area contributed by atoms with Crippen LogP contribution in [0.25, 0.3) is 0 Å². The zero-order chi connectivity index (χ0) is 14.8. The van der Waals surface area contributed by atoms with Crippen molar-refractivity contribution in [1.82, 2.24) is 10.6 Å². The van der Waals surface area contributed by atoms with Crippen LogP contribution in [0.4, 0.5) is 4.79 Å². The Morgan fingerprint density at radius 1 is 1.40 bits per heavy atom. The number of amides is 1. The van der Waals surface area contributed by atoms with Crippen molar-refractivity contribution in [3.63, 3.8) is 0 Å². The molecule has 116 valence electrons. The summed E-state index contributed by atoms with van der Waals surface area (Å²) in [5, 5.41) is 6.47. The third kappa shape index (κ3) is 4.94. The maximum Gasteiger partial charge on any atom is 0.407 e. The molecule has 0 aromatic rings. The summed E-state index contributed by atoms with van der Waals surface area (Å²) in [4.78, 5) is 11.7. The molecule has 0 aromatic heterocycles. The van der Waals surface area contributed by atoms with E-state index in [0.29, 0.717) is 18.5 Å². The van der Waals surface area contributed by atoms with Crippen LogP contribution in [0.3, 0.4) is 0 Å². The number of nitrogens with one attached hydrogen (secondary N) is 2. The Hall–Kier alpha value is -0.810. The first-order valence-electron chi connectivity index (χ1n) is 7.55. The molecule has 2 fully saturated rings. The fraction of sp³-hybridized carbons (Fsp3) is 0.933. The molecule has 20 heavy (non-hydrogen) atoms. The minimum Gasteiger partial charge on any atom is -0.444 e. The molecular formula is C15H28N2O3. The number of hydrogen-bond acceptors (Lipinski definition) is 4. The second-order valence-electron chi connectivity index (χ2n) is 7.51. The SMILES string of the molecule is CC1(CNC(CNC(=O)OC(C)(C)C)C2CC2)COC1. The lowest BCUT2D eigenvalue weighted by atomic mass is 9.88. The van der Waals surface area contributed by atoms with E-state index in [2.05, 4.69) is 17.6 Å². The molecule has 5 nitrogen and oxygen atoms in total. The molecule has 2 N–H and O–H groups in total. The Morgan fingerprint density at radius 2 is 2.05 bits per heavy atom. The van der Waals surface area contributed by atoms with E-state index in [1.807, 2.05) is 20.8 Å². The highest BCUT2D eigenvalue weighted by molar-refractivity contribution is 5.67. The zero-order valence-electron chi connectivity index (χ0n) is 13.1. The van der Waals surface area contributed by atoms with Gasteiger partial charge in [-0.15, -0.1) is 0 Å². The van der Waals surface area contributed by atoms with Gasteiger partial charge in [-0.2, -0.15) is 0 Å². The summed E-state index contributed by atoms with van der Waals surface area (Å²) in [6, 6.07) is 0.347. The first-order valence-corrected chi connectivity index (χ1v) is 7.55. The van der Waals surface area contributed by atoms with Crippen LogP contribution in [0.1, 0.15) is 40.5 Å². The monoisotopic (exact) mass is 284 g/mol. The van der Waals surface area contributed by atoms with Gasteiger partial charge in [0.2, 0.25) is 0 Å². The third-order valence-corrected chi connectivity index (χ3v) is 3.75. The standard InChI is InChI=1S/C15H28N2O3/c1-14(2,3)20-13(18)16-7-12(11-5-6-11)17-8-15(4)9-19-10-15/h11-12,17H,5-10H2,1-4H3,(H,16,18). The quantitative estimate of drug-likeness (QED) is 0.782. The summed E-state index contributed by atoms with van der Waals surface area (Å²) in [6.45, 7) is 11.1. The van der Waals surface area contributed by atoms with Crippen LogP contribution in [-0.2, 0) is 9.47 Å². The average molecular weight is 284 g/mol.